The third-order valence-corrected chi connectivity index (χ3v) is 14.5. The lowest BCUT2D eigenvalue weighted by atomic mass is 10.0. The molecule has 0 fully saturated rings. The topological polar surface area (TPSA) is 60.4 Å². The van der Waals surface area contributed by atoms with E-state index in [1.54, 1.807) is 0 Å². The van der Waals surface area contributed by atoms with Gasteiger partial charge in [-0.1, -0.05) is 140 Å². The third kappa shape index (κ3) is 7.01. The van der Waals surface area contributed by atoms with Crippen molar-refractivity contribution >= 4 is 35.5 Å². The van der Waals surface area contributed by atoms with Crippen molar-refractivity contribution in [2.75, 3.05) is 4.90 Å². The van der Waals surface area contributed by atoms with Crippen LogP contribution in [0, 0.1) is 0 Å². The zero-order valence-corrected chi connectivity index (χ0v) is 34.2. The van der Waals surface area contributed by atoms with Gasteiger partial charge in [0.15, 0.2) is 17.5 Å². The largest absolute Gasteiger partial charge is 0.457 e. The average molecular weight is 793 g/mol. The second-order valence-electron chi connectivity index (χ2n) is 15.2. The van der Waals surface area contributed by atoms with Crippen LogP contribution in [-0.4, -0.2) is 23.0 Å². The van der Waals surface area contributed by atoms with Gasteiger partial charge in [-0.05, 0) is 100 Å². The maximum Gasteiger partial charge on any atom is 0.164 e. The molecule has 0 unspecified atom stereocenters. The minimum Gasteiger partial charge on any atom is -0.457 e. The molecule has 0 aliphatic carbocycles. The summed E-state index contributed by atoms with van der Waals surface area (Å²) < 4.78 is 12.5. The number of hydrogen-bond donors (Lipinski definition) is 0. The first-order valence-corrected chi connectivity index (χ1v) is 23.1. The smallest absolute Gasteiger partial charge is 0.164 e. The minimum absolute atomic E-state index is 0.651. The van der Waals surface area contributed by atoms with Crippen LogP contribution in [0.25, 0.3) is 45.3 Å². The van der Waals surface area contributed by atoms with Crippen molar-refractivity contribution in [1.29, 1.82) is 0 Å². The molecule has 9 aromatic rings. The molecule has 1 aliphatic rings. The fraction of sp³-hybridized carbons (Fsp3) is 0.0377. The van der Waals surface area contributed by atoms with Gasteiger partial charge in [-0.3, -0.25) is 0 Å². The van der Waals surface area contributed by atoms with Crippen molar-refractivity contribution in [1.82, 2.24) is 15.0 Å². The van der Waals surface area contributed by atoms with Crippen molar-refractivity contribution < 1.29 is 9.47 Å². The first-order valence-electron chi connectivity index (χ1n) is 20.1. The molecule has 10 rings (SSSR count). The van der Waals surface area contributed by atoms with E-state index in [-0.39, 0.29) is 0 Å². The zero-order chi connectivity index (χ0) is 40.5. The summed E-state index contributed by atoms with van der Waals surface area (Å²) in [5.74, 6) is 5.10. The lowest BCUT2D eigenvalue weighted by Gasteiger charge is -2.32. The van der Waals surface area contributed by atoms with E-state index in [1.165, 1.54) is 21.5 Å². The Bertz CT molecular complexity index is 2790. The van der Waals surface area contributed by atoms with Gasteiger partial charge in [0.05, 0.1) is 0 Å². The number of rotatable bonds is 10. The number of benzene rings is 8. The van der Waals surface area contributed by atoms with Crippen LogP contribution in [0.1, 0.15) is 0 Å². The van der Waals surface area contributed by atoms with Gasteiger partial charge in [-0.25, -0.2) is 15.0 Å². The maximum atomic E-state index is 6.23. The first kappa shape index (κ1) is 36.7. The molecule has 0 N–H and O–H groups in total. The predicted molar refractivity (Wildman–Crippen MR) is 246 cm³/mol. The summed E-state index contributed by atoms with van der Waals surface area (Å²) in [5.41, 5.74) is 8.55. The Hall–Kier alpha value is -7.61. The minimum atomic E-state index is -2.49. The predicted octanol–water partition coefficient (Wildman–Crippen LogP) is 12.7. The molecule has 288 valence electrons. The summed E-state index contributed by atoms with van der Waals surface area (Å²) in [7, 11) is -2.49. The number of aromatic nitrogens is 3. The SMILES string of the molecule is C[Si]1(C)c2c(-c3nc(-c4ccccc4)nc(-c4ccccc4)n3)cccc2-c2cccc(N(c3ccc(Oc4ccccc4)cc3)c3ccc(Oc4ccccc4)cc3)c21. The van der Waals surface area contributed by atoms with E-state index in [0.717, 1.165) is 56.8 Å². The highest BCUT2D eigenvalue weighted by Crippen LogP contribution is 2.42. The van der Waals surface area contributed by atoms with E-state index in [4.69, 9.17) is 24.4 Å². The van der Waals surface area contributed by atoms with Crippen LogP contribution in [-0.2, 0) is 0 Å². The van der Waals surface area contributed by atoms with Crippen LogP contribution in [0.3, 0.4) is 0 Å². The van der Waals surface area contributed by atoms with Gasteiger partial charge >= 0.3 is 0 Å². The summed E-state index contributed by atoms with van der Waals surface area (Å²) in [6, 6.07) is 70.1. The van der Waals surface area contributed by atoms with Crippen LogP contribution in [0.5, 0.6) is 23.0 Å². The quantitative estimate of drug-likeness (QED) is 0.129. The van der Waals surface area contributed by atoms with E-state index >= 15 is 0 Å². The van der Waals surface area contributed by atoms with Crippen molar-refractivity contribution in [3.05, 3.63) is 206 Å². The van der Waals surface area contributed by atoms with Crippen molar-refractivity contribution in [2.45, 2.75) is 13.1 Å². The van der Waals surface area contributed by atoms with Crippen LogP contribution in [0.2, 0.25) is 13.1 Å². The van der Waals surface area contributed by atoms with Gasteiger partial charge < -0.3 is 14.4 Å². The number of anilines is 3. The molecule has 8 aromatic carbocycles. The van der Waals surface area contributed by atoms with E-state index < -0.39 is 8.07 Å². The summed E-state index contributed by atoms with van der Waals surface area (Å²) >= 11 is 0. The molecule has 1 aliphatic heterocycles. The van der Waals surface area contributed by atoms with E-state index in [2.05, 4.69) is 103 Å². The van der Waals surface area contributed by atoms with Gasteiger partial charge in [-0.2, -0.15) is 0 Å². The molecular formula is C53H40N4O2Si. The lowest BCUT2D eigenvalue weighted by Crippen LogP contribution is -2.51. The standard InChI is InChI=1S/C53H40N4O2Si/c1-60(2)49-45(25-15-27-47(49)53-55-51(37-17-7-3-8-18-37)54-52(56-53)38-19-9-4-10-20-38)46-26-16-28-48(50(46)60)57(39-29-33-43(34-30-39)58-41-21-11-5-12-22-41)40-31-35-44(36-32-40)59-42-23-13-6-14-24-42/h3-36H,1-2H3. The van der Waals surface area contributed by atoms with Gasteiger partial charge in [0, 0.05) is 33.8 Å². The molecule has 0 bridgehead atoms. The fourth-order valence-electron chi connectivity index (χ4n) is 8.30. The van der Waals surface area contributed by atoms with Crippen LogP contribution in [0.15, 0.2) is 206 Å². The fourth-order valence-corrected chi connectivity index (χ4v) is 12.0. The number of nitrogens with zero attached hydrogens (tertiary/aromatic N) is 4. The third-order valence-electron chi connectivity index (χ3n) is 11.0. The Kier molecular flexibility index (Phi) is 9.56. The number of hydrogen-bond acceptors (Lipinski definition) is 6. The summed E-state index contributed by atoms with van der Waals surface area (Å²) in [5, 5.41) is 2.66. The van der Waals surface area contributed by atoms with E-state index in [1.807, 2.05) is 121 Å². The molecule has 0 radical (unpaired) electrons. The molecule has 0 spiro atoms. The van der Waals surface area contributed by atoms with Gasteiger partial charge in [0.2, 0.25) is 0 Å². The Morgan fingerprint density at radius 3 is 1.22 bits per heavy atom. The Morgan fingerprint density at radius 2 is 0.733 bits per heavy atom. The lowest BCUT2D eigenvalue weighted by molar-refractivity contribution is 0.482. The second-order valence-corrected chi connectivity index (χ2v) is 19.5. The first-order chi connectivity index (χ1) is 29.5. The van der Waals surface area contributed by atoms with Gasteiger partial charge in [0.1, 0.15) is 31.1 Å². The van der Waals surface area contributed by atoms with Crippen molar-refractivity contribution in [3.8, 4) is 68.3 Å². The summed E-state index contributed by atoms with van der Waals surface area (Å²) in [6.07, 6.45) is 0. The molecule has 60 heavy (non-hydrogen) atoms. The van der Waals surface area contributed by atoms with E-state index in [9.17, 15) is 0 Å². The molecule has 0 saturated heterocycles. The second kappa shape index (κ2) is 15.6. The Labute approximate surface area is 351 Å². The molecule has 0 atom stereocenters. The van der Waals surface area contributed by atoms with Gasteiger partial charge in [-0.15, -0.1) is 0 Å². The van der Waals surface area contributed by atoms with Crippen molar-refractivity contribution in [2.24, 2.45) is 0 Å². The molecule has 1 aromatic heterocycles. The maximum absolute atomic E-state index is 6.23. The molecule has 2 heterocycles. The summed E-state index contributed by atoms with van der Waals surface area (Å²) in [6.45, 7) is 4.90. The molecule has 6 nitrogen and oxygen atoms in total. The van der Waals surface area contributed by atoms with Crippen LogP contribution in [0.4, 0.5) is 17.1 Å². The number of ether oxygens (including phenoxy) is 2. The van der Waals surface area contributed by atoms with E-state index in [0.29, 0.717) is 17.5 Å². The highest BCUT2D eigenvalue weighted by molar-refractivity contribution is 7.05. The van der Waals surface area contributed by atoms with Crippen molar-refractivity contribution in [3.63, 3.8) is 0 Å². The number of para-hydroxylation sites is 2. The molecule has 7 heteroatoms. The van der Waals surface area contributed by atoms with Gasteiger partial charge in [0.25, 0.3) is 0 Å². The molecule has 0 saturated carbocycles. The zero-order valence-electron chi connectivity index (χ0n) is 33.2. The average Bonchev–Trinajstić information content (AvgIpc) is 3.55. The Morgan fingerprint density at radius 1 is 0.350 bits per heavy atom. The van der Waals surface area contributed by atoms with Crippen LogP contribution < -0.4 is 24.7 Å². The highest BCUT2D eigenvalue weighted by Gasteiger charge is 2.43. The monoisotopic (exact) mass is 792 g/mol. The van der Waals surface area contributed by atoms with Crippen LogP contribution >= 0.6 is 0 Å². The highest BCUT2D eigenvalue weighted by atomic mass is 28.3. The number of fused-ring (bicyclic) bond motifs is 3. The molecular weight excluding hydrogens is 753 g/mol. The normalized spacial score (nSPS) is 12.3. The molecule has 0 amide bonds. The summed E-state index contributed by atoms with van der Waals surface area (Å²) in [4.78, 5) is 17.8. The Balaban J connectivity index is 1.10.